The molecule has 1 heterocycles. The van der Waals surface area contributed by atoms with Crippen LogP contribution in [-0.4, -0.2) is 16.8 Å². The monoisotopic (exact) mass is 540 g/mol. The van der Waals surface area contributed by atoms with Gasteiger partial charge < -0.3 is 12.8 Å². The number of aryl methyl sites for hydroxylation is 1. The predicted octanol–water partition coefficient (Wildman–Crippen LogP) is 4.94. The summed E-state index contributed by atoms with van der Waals surface area (Å²) in [6.45, 7) is 1.60. The molecule has 0 fully saturated rings. The maximum atomic E-state index is 12.9. The van der Waals surface area contributed by atoms with Crippen molar-refractivity contribution in [2.24, 2.45) is 0 Å². The molecule has 0 amide bonds. The second-order valence-electron chi connectivity index (χ2n) is 7.00. The van der Waals surface area contributed by atoms with Crippen molar-refractivity contribution < 1.29 is 29.6 Å². The zero-order valence-electron chi connectivity index (χ0n) is 17.2. The van der Waals surface area contributed by atoms with Crippen LogP contribution >= 0.6 is 23.2 Å². The predicted molar refractivity (Wildman–Crippen MR) is 126 cm³/mol. The van der Waals surface area contributed by atoms with Crippen molar-refractivity contribution in [3.8, 4) is 11.5 Å². The first kappa shape index (κ1) is 24.1. The van der Waals surface area contributed by atoms with E-state index in [1.807, 2.05) is 0 Å². The van der Waals surface area contributed by atoms with Gasteiger partial charge in [0.15, 0.2) is 11.3 Å². The van der Waals surface area contributed by atoms with Crippen molar-refractivity contribution in [2.75, 3.05) is 0 Å². The van der Waals surface area contributed by atoms with Crippen molar-refractivity contribution in [2.45, 2.75) is 16.7 Å². The molecule has 0 bridgehead atoms. The Hall–Kier alpha value is -3.05. The molecule has 34 heavy (non-hydrogen) atoms. The highest BCUT2D eigenvalue weighted by Gasteiger charge is 2.27. The molecule has 3 aromatic carbocycles. The summed E-state index contributed by atoms with van der Waals surface area (Å²) in [5.41, 5.74) is -0.644. The molecule has 0 aliphatic carbocycles. The second kappa shape index (κ2) is 8.95. The highest BCUT2D eigenvalue weighted by atomic mass is 35.5. The number of hydrogen-bond donors (Lipinski definition) is 0. The van der Waals surface area contributed by atoms with E-state index in [4.69, 9.17) is 36.0 Å². The fourth-order valence-electron chi connectivity index (χ4n) is 3.01. The number of fused-ring (bicyclic) bond motifs is 1. The molecule has 176 valence electrons. The molecule has 1 aromatic heterocycles. The van der Waals surface area contributed by atoms with Crippen molar-refractivity contribution in [3.63, 3.8) is 0 Å². The number of rotatable bonds is 6. The van der Waals surface area contributed by atoms with Crippen LogP contribution < -0.4 is 14.0 Å². The van der Waals surface area contributed by atoms with Gasteiger partial charge in [-0.25, -0.2) is 4.79 Å². The van der Waals surface area contributed by atoms with Gasteiger partial charge >= 0.3 is 25.9 Å². The lowest BCUT2D eigenvalue weighted by molar-refractivity contribution is 0.443. The normalized spacial score (nSPS) is 12.0. The van der Waals surface area contributed by atoms with Crippen molar-refractivity contribution >= 4 is 54.4 Å². The fourth-order valence-corrected chi connectivity index (χ4v) is 5.14. The molecular formula is C22H14Cl2O8S2. The minimum atomic E-state index is -4.51. The molecule has 0 atom stereocenters. The van der Waals surface area contributed by atoms with E-state index in [1.54, 1.807) is 6.92 Å². The van der Waals surface area contributed by atoms with Gasteiger partial charge in [-0.1, -0.05) is 23.2 Å². The molecule has 0 aliphatic heterocycles. The minimum absolute atomic E-state index is 0.241. The average Bonchev–Trinajstić information content (AvgIpc) is 2.76. The summed E-state index contributed by atoms with van der Waals surface area (Å²) < 4.78 is 67.2. The van der Waals surface area contributed by atoms with E-state index in [0.29, 0.717) is 21.0 Å². The molecule has 0 saturated heterocycles. The van der Waals surface area contributed by atoms with Gasteiger partial charge in [0.05, 0.1) is 0 Å². The van der Waals surface area contributed by atoms with Gasteiger partial charge in [0.2, 0.25) is 5.75 Å². The van der Waals surface area contributed by atoms with Crippen molar-refractivity contribution in [1.82, 2.24) is 0 Å². The summed E-state index contributed by atoms with van der Waals surface area (Å²) >= 11 is 11.6. The van der Waals surface area contributed by atoms with Crippen molar-refractivity contribution in [3.05, 3.63) is 92.8 Å². The Morgan fingerprint density at radius 3 is 1.76 bits per heavy atom. The molecule has 0 aliphatic rings. The first-order valence-electron chi connectivity index (χ1n) is 9.44. The van der Waals surface area contributed by atoms with Gasteiger partial charge in [0, 0.05) is 21.5 Å². The van der Waals surface area contributed by atoms with E-state index >= 15 is 0 Å². The van der Waals surface area contributed by atoms with Crippen LogP contribution in [0.4, 0.5) is 0 Å². The Balaban J connectivity index is 1.89. The van der Waals surface area contributed by atoms with Crippen LogP contribution in [0.5, 0.6) is 11.5 Å². The summed E-state index contributed by atoms with van der Waals surface area (Å²) in [6, 6.07) is 14.0. The Labute approximate surface area is 204 Å². The highest BCUT2D eigenvalue weighted by molar-refractivity contribution is 7.87. The molecule has 4 aromatic rings. The van der Waals surface area contributed by atoms with E-state index in [0.717, 1.165) is 0 Å². The quantitative estimate of drug-likeness (QED) is 0.249. The van der Waals surface area contributed by atoms with Crippen molar-refractivity contribution in [1.29, 1.82) is 0 Å². The van der Waals surface area contributed by atoms with E-state index in [9.17, 15) is 21.6 Å². The lowest BCUT2D eigenvalue weighted by Crippen LogP contribution is -2.14. The van der Waals surface area contributed by atoms with E-state index in [-0.39, 0.29) is 15.4 Å². The van der Waals surface area contributed by atoms with Gasteiger partial charge in [-0.05, 0) is 73.2 Å². The number of benzene rings is 3. The second-order valence-corrected chi connectivity index (χ2v) is 11.0. The van der Waals surface area contributed by atoms with Crippen LogP contribution in [0.25, 0.3) is 11.0 Å². The van der Waals surface area contributed by atoms with Crippen LogP contribution in [0.15, 0.2) is 85.7 Å². The average molecular weight is 541 g/mol. The van der Waals surface area contributed by atoms with Gasteiger partial charge in [0.25, 0.3) is 0 Å². The molecule has 0 unspecified atom stereocenters. The minimum Gasteiger partial charge on any atom is -0.418 e. The molecule has 4 rings (SSSR count). The summed E-state index contributed by atoms with van der Waals surface area (Å²) in [5.74, 6) is -1.11. The van der Waals surface area contributed by atoms with E-state index in [2.05, 4.69) is 0 Å². The Morgan fingerprint density at radius 2 is 1.24 bits per heavy atom. The first-order valence-corrected chi connectivity index (χ1v) is 13.0. The zero-order chi connectivity index (χ0) is 24.7. The van der Waals surface area contributed by atoms with Gasteiger partial charge in [0.1, 0.15) is 9.79 Å². The van der Waals surface area contributed by atoms with Gasteiger partial charge in [-0.3, -0.25) is 0 Å². The number of hydrogen-bond acceptors (Lipinski definition) is 8. The highest BCUT2D eigenvalue weighted by Crippen LogP contribution is 2.39. The smallest absolute Gasteiger partial charge is 0.339 e. The summed E-state index contributed by atoms with van der Waals surface area (Å²) in [6.07, 6.45) is 0. The van der Waals surface area contributed by atoms with Crippen LogP contribution in [-0.2, 0) is 20.2 Å². The Morgan fingerprint density at radius 1 is 0.735 bits per heavy atom. The third kappa shape index (κ3) is 4.90. The maximum Gasteiger partial charge on any atom is 0.339 e. The summed E-state index contributed by atoms with van der Waals surface area (Å²) in [4.78, 5) is 11.5. The Kier molecular flexibility index (Phi) is 6.34. The van der Waals surface area contributed by atoms with Crippen LogP contribution in [0.1, 0.15) is 5.56 Å². The molecule has 0 spiro atoms. The first-order chi connectivity index (χ1) is 16.0. The summed E-state index contributed by atoms with van der Waals surface area (Å²) in [7, 11) is -8.95. The van der Waals surface area contributed by atoms with E-state index < -0.39 is 37.4 Å². The Bertz CT molecular complexity index is 1660. The van der Waals surface area contributed by atoms with Gasteiger partial charge in [-0.15, -0.1) is 0 Å². The topological polar surface area (TPSA) is 117 Å². The largest absolute Gasteiger partial charge is 0.418 e. The van der Waals surface area contributed by atoms with Gasteiger partial charge in [-0.2, -0.15) is 16.8 Å². The zero-order valence-corrected chi connectivity index (χ0v) is 20.3. The van der Waals surface area contributed by atoms with Crippen LogP contribution in [0, 0.1) is 6.92 Å². The van der Waals surface area contributed by atoms with E-state index in [1.165, 1.54) is 66.7 Å². The van der Waals surface area contributed by atoms with Crippen LogP contribution in [0.2, 0.25) is 10.0 Å². The standard InChI is InChI=1S/C22H14Cl2O8S2/c1-13-12-20(25)30-21-18(13)10-11-19(31-33(26,27)16-6-2-14(23)3-7-16)22(21)32-34(28,29)17-8-4-15(24)5-9-17/h2-12H,1H3. The summed E-state index contributed by atoms with van der Waals surface area (Å²) in [5, 5.41) is 0.918. The third-order valence-electron chi connectivity index (χ3n) is 4.64. The SMILES string of the molecule is Cc1cc(=O)oc2c(OS(=O)(=O)c3ccc(Cl)cc3)c(OS(=O)(=O)c3ccc(Cl)cc3)ccc12. The number of halogens is 2. The molecule has 0 radical (unpaired) electrons. The molecule has 0 saturated carbocycles. The maximum absolute atomic E-state index is 12.9. The third-order valence-corrected chi connectivity index (χ3v) is 7.62. The fraction of sp³-hybridized carbons (Fsp3) is 0.0455. The molecule has 8 nitrogen and oxygen atoms in total. The lowest BCUT2D eigenvalue weighted by Gasteiger charge is -2.14. The molecule has 0 N–H and O–H groups in total. The molecular weight excluding hydrogens is 527 g/mol. The molecule has 12 heteroatoms. The van der Waals surface area contributed by atoms with Crippen LogP contribution in [0.3, 0.4) is 0 Å². The lowest BCUT2D eigenvalue weighted by atomic mass is 10.1.